The lowest BCUT2D eigenvalue weighted by Crippen LogP contribution is -2.27. The van der Waals surface area contributed by atoms with E-state index >= 15 is 0 Å². The molecule has 1 aliphatic heterocycles. The first kappa shape index (κ1) is 15.7. The number of likely N-dealkylation sites (N-methyl/N-ethyl adjacent to an activating group) is 1. The van der Waals surface area contributed by atoms with Crippen LogP contribution in [0.25, 0.3) is 0 Å². The number of halogens is 3. The Balaban J connectivity index is 2.24. The van der Waals surface area contributed by atoms with E-state index in [0.717, 1.165) is 42.5 Å². The van der Waals surface area contributed by atoms with Gasteiger partial charge >= 0.3 is 6.18 Å². The molecule has 112 valence electrons. The SMILES string of the molecule is CNCC(c1cccc(C(F)(F)F)c1)C1CCSCC1. The minimum absolute atomic E-state index is 0.170. The number of rotatable bonds is 4. The summed E-state index contributed by atoms with van der Waals surface area (Å²) in [5, 5.41) is 3.13. The number of alkyl halides is 3. The van der Waals surface area contributed by atoms with Crippen molar-refractivity contribution in [2.45, 2.75) is 24.9 Å². The molecule has 1 saturated heterocycles. The molecule has 1 fully saturated rings. The molecule has 0 saturated carbocycles. The van der Waals surface area contributed by atoms with E-state index < -0.39 is 11.7 Å². The molecule has 1 unspecified atom stereocenters. The van der Waals surface area contributed by atoms with E-state index in [1.54, 1.807) is 0 Å². The highest BCUT2D eigenvalue weighted by atomic mass is 32.2. The van der Waals surface area contributed by atoms with Gasteiger partial charge in [-0.05, 0) is 54.9 Å². The summed E-state index contributed by atoms with van der Waals surface area (Å²) in [6.45, 7) is 0.733. The maximum Gasteiger partial charge on any atom is 0.416 e. The van der Waals surface area contributed by atoms with E-state index in [4.69, 9.17) is 0 Å². The van der Waals surface area contributed by atoms with Crippen molar-refractivity contribution in [2.24, 2.45) is 5.92 Å². The molecule has 1 aliphatic rings. The highest BCUT2D eigenvalue weighted by Gasteiger charge is 2.32. The first-order chi connectivity index (χ1) is 9.52. The Morgan fingerprint density at radius 3 is 2.60 bits per heavy atom. The van der Waals surface area contributed by atoms with Gasteiger partial charge in [-0.1, -0.05) is 18.2 Å². The summed E-state index contributed by atoms with van der Waals surface area (Å²) in [5.74, 6) is 2.88. The molecule has 0 spiro atoms. The predicted octanol–water partition coefficient (Wildman–Crippen LogP) is 4.15. The van der Waals surface area contributed by atoms with Crippen LogP contribution < -0.4 is 5.32 Å². The van der Waals surface area contributed by atoms with E-state index in [1.807, 2.05) is 24.9 Å². The molecule has 0 amide bonds. The summed E-state index contributed by atoms with van der Waals surface area (Å²) >= 11 is 1.94. The van der Waals surface area contributed by atoms with Crippen LogP contribution in [-0.2, 0) is 6.18 Å². The van der Waals surface area contributed by atoms with Crippen molar-refractivity contribution < 1.29 is 13.2 Å². The lowest BCUT2D eigenvalue weighted by Gasteiger charge is -2.30. The Morgan fingerprint density at radius 2 is 2.00 bits per heavy atom. The van der Waals surface area contributed by atoms with Crippen LogP contribution in [-0.4, -0.2) is 25.1 Å². The van der Waals surface area contributed by atoms with Crippen molar-refractivity contribution in [3.05, 3.63) is 35.4 Å². The lowest BCUT2D eigenvalue weighted by atomic mass is 9.82. The highest BCUT2D eigenvalue weighted by Crippen LogP contribution is 2.37. The number of hydrogen-bond acceptors (Lipinski definition) is 2. The van der Waals surface area contributed by atoms with E-state index in [-0.39, 0.29) is 5.92 Å². The van der Waals surface area contributed by atoms with E-state index in [2.05, 4.69) is 5.32 Å². The molecule has 0 bridgehead atoms. The van der Waals surface area contributed by atoms with E-state index in [9.17, 15) is 13.2 Å². The fourth-order valence-corrected chi connectivity index (χ4v) is 3.98. The third-order valence-corrected chi connectivity index (χ3v) is 4.95. The second-order valence-corrected chi connectivity index (χ2v) is 6.46. The smallest absolute Gasteiger partial charge is 0.319 e. The summed E-state index contributed by atoms with van der Waals surface area (Å²) in [6, 6.07) is 5.83. The average Bonchev–Trinajstić information content (AvgIpc) is 2.45. The molecule has 1 heterocycles. The molecular formula is C15H20F3NS. The maximum atomic E-state index is 12.8. The van der Waals surface area contributed by atoms with Gasteiger partial charge in [-0.15, -0.1) is 0 Å². The summed E-state index contributed by atoms with van der Waals surface area (Å²) in [7, 11) is 1.86. The molecule has 0 radical (unpaired) electrons. The summed E-state index contributed by atoms with van der Waals surface area (Å²) < 4.78 is 38.5. The monoisotopic (exact) mass is 303 g/mol. The fraction of sp³-hybridized carbons (Fsp3) is 0.600. The standard InChI is InChI=1S/C15H20F3NS/c1-19-10-14(11-5-7-20-8-6-11)12-3-2-4-13(9-12)15(16,17)18/h2-4,9,11,14,19H,5-8,10H2,1H3. The van der Waals surface area contributed by atoms with Crippen molar-refractivity contribution in [1.82, 2.24) is 5.32 Å². The molecule has 0 aliphatic carbocycles. The van der Waals surface area contributed by atoms with Gasteiger partial charge in [-0.3, -0.25) is 0 Å². The largest absolute Gasteiger partial charge is 0.416 e. The van der Waals surface area contributed by atoms with Gasteiger partial charge in [-0.2, -0.15) is 24.9 Å². The van der Waals surface area contributed by atoms with Crippen molar-refractivity contribution in [3.63, 3.8) is 0 Å². The van der Waals surface area contributed by atoms with E-state index in [0.29, 0.717) is 5.92 Å². The van der Waals surface area contributed by atoms with Gasteiger partial charge in [0.15, 0.2) is 0 Å². The molecule has 1 aromatic rings. The molecule has 2 rings (SSSR count). The number of thioether (sulfide) groups is 1. The molecule has 1 atom stereocenters. The Kier molecular flexibility index (Phi) is 5.38. The second-order valence-electron chi connectivity index (χ2n) is 5.24. The molecule has 1 aromatic carbocycles. The van der Waals surface area contributed by atoms with Crippen LogP contribution >= 0.6 is 11.8 Å². The normalized spacial score (nSPS) is 19.0. The minimum Gasteiger partial charge on any atom is -0.319 e. The zero-order chi connectivity index (χ0) is 14.6. The molecular weight excluding hydrogens is 283 g/mol. The average molecular weight is 303 g/mol. The van der Waals surface area contributed by atoms with Crippen LogP contribution in [0.4, 0.5) is 13.2 Å². The van der Waals surface area contributed by atoms with Crippen LogP contribution in [0.3, 0.4) is 0 Å². The Labute approximate surface area is 122 Å². The summed E-state index contributed by atoms with van der Waals surface area (Å²) in [4.78, 5) is 0. The van der Waals surface area contributed by atoms with Gasteiger partial charge in [0.1, 0.15) is 0 Å². The zero-order valence-electron chi connectivity index (χ0n) is 11.5. The van der Waals surface area contributed by atoms with E-state index in [1.165, 1.54) is 12.1 Å². The molecule has 0 aromatic heterocycles. The first-order valence-corrected chi connectivity index (χ1v) is 8.07. The van der Waals surface area contributed by atoms with Crippen molar-refractivity contribution >= 4 is 11.8 Å². The van der Waals surface area contributed by atoms with Gasteiger partial charge < -0.3 is 5.32 Å². The third kappa shape index (κ3) is 3.92. The van der Waals surface area contributed by atoms with Gasteiger partial charge in [0.05, 0.1) is 5.56 Å². The maximum absolute atomic E-state index is 12.8. The van der Waals surface area contributed by atoms with Gasteiger partial charge in [0.2, 0.25) is 0 Å². The van der Waals surface area contributed by atoms with Crippen molar-refractivity contribution in [1.29, 1.82) is 0 Å². The molecule has 1 N–H and O–H groups in total. The van der Waals surface area contributed by atoms with Crippen LogP contribution in [0.5, 0.6) is 0 Å². The van der Waals surface area contributed by atoms with Crippen molar-refractivity contribution in [2.75, 3.05) is 25.1 Å². The predicted molar refractivity (Wildman–Crippen MR) is 78.2 cm³/mol. The van der Waals surface area contributed by atoms with Crippen LogP contribution in [0.2, 0.25) is 0 Å². The minimum atomic E-state index is -4.26. The third-order valence-electron chi connectivity index (χ3n) is 3.90. The fourth-order valence-electron chi connectivity index (χ4n) is 2.84. The summed E-state index contributed by atoms with van der Waals surface area (Å²) in [5.41, 5.74) is 0.271. The number of nitrogens with one attached hydrogen (secondary N) is 1. The molecule has 1 nitrogen and oxygen atoms in total. The van der Waals surface area contributed by atoms with Crippen LogP contribution in [0, 0.1) is 5.92 Å². The highest BCUT2D eigenvalue weighted by molar-refractivity contribution is 7.99. The zero-order valence-corrected chi connectivity index (χ0v) is 12.4. The number of benzene rings is 1. The Bertz CT molecular complexity index is 427. The quantitative estimate of drug-likeness (QED) is 0.896. The molecule has 5 heteroatoms. The van der Waals surface area contributed by atoms with Crippen LogP contribution in [0.15, 0.2) is 24.3 Å². The van der Waals surface area contributed by atoms with Crippen LogP contribution in [0.1, 0.15) is 29.9 Å². The number of hydrogen-bond donors (Lipinski definition) is 1. The summed E-state index contributed by atoms with van der Waals surface area (Å²) in [6.07, 6.45) is -2.08. The van der Waals surface area contributed by atoms with Gasteiger partial charge in [-0.25, -0.2) is 0 Å². The lowest BCUT2D eigenvalue weighted by molar-refractivity contribution is -0.137. The molecule has 20 heavy (non-hydrogen) atoms. The Hall–Kier alpha value is -0.680. The van der Waals surface area contributed by atoms with Crippen molar-refractivity contribution in [3.8, 4) is 0 Å². The second kappa shape index (κ2) is 6.85. The topological polar surface area (TPSA) is 12.0 Å². The van der Waals surface area contributed by atoms with Gasteiger partial charge in [0.25, 0.3) is 0 Å². The Morgan fingerprint density at radius 1 is 1.30 bits per heavy atom. The van der Waals surface area contributed by atoms with Gasteiger partial charge in [0, 0.05) is 6.54 Å². The first-order valence-electron chi connectivity index (χ1n) is 6.92.